The van der Waals surface area contributed by atoms with Crippen LogP contribution < -0.4 is 11.1 Å². The highest BCUT2D eigenvalue weighted by atomic mass is 16.5. The molecular formula is C12H16N2O2. The van der Waals surface area contributed by atoms with Crippen molar-refractivity contribution in [2.24, 2.45) is 0 Å². The maximum Gasteiger partial charge on any atom is 0.253 e. The normalized spacial score (nSPS) is 24.3. The highest BCUT2D eigenvalue weighted by Crippen LogP contribution is 2.15. The van der Waals surface area contributed by atoms with E-state index < -0.39 is 0 Å². The summed E-state index contributed by atoms with van der Waals surface area (Å²) in [6, 6.07) is 7.16. The predicted molar refractivity (Wildman–Crippen MR) is 62.1 cm³/mol. The Morgan fingerprint density at radius 3 is 2.88 bits per heavy atom. The summed E-state index contributed by atoms with van der Waals surface area (Å²) in [4.78, 5) is 11.9. The minimum Gasteiger partial charge on any atom is -0.398 e. The fraction of sp³-hybridized carbons (Fsp3) is 0.417. The smallest absolute Gasteiger partial charge is 0.253 e. The van der Waals surface area contributed by atoms with Crippen LogP contribution in [0.15, 0.2) is 24.3 Å². The lowest BCUT2D eigenvalue weighted by Crippen LogP contribution is -2.39. The largest absolute Gasteiger partial charge is 0.398 e. The van der Waals surface area contributed by atoms with Gasteiger partial charge in [-0.25, -0.2) is 0 Å². The second-order valence-corrected chi connectivity index (χ2v) is 4.03. The number of nitrogen functional groups attached to an aromatic ring is 1. The van der Waals surface area contributed by atoms with Gasteiger partial charge in [-0.1, -0.05) is 12.1 Å². The number of anilines is 1. The topological polar surface area (TPSA) is 64.3 Å². The third-order valence-corrected chi connectivity index (χ3v) is 2.90. The van der Waals surface area contributed by atoms with E-state index in [1.807, 2.05) is 13.0 Å². The Morgan fingerprint density at radius 2 is 2.25 bits per heavy atom. The lowest BCUT2D eigenvalue weighted by atomic mass is 10.1. The summed E-state index contributed by atoms with van der Waals surface area (Å²) in [5, 5.41) is 2.94. The molecule has 1 aliphatic rings. The van der Waals surface area contributed by atoms with Crippen molar-refractivity contribution in [1.29, 1.82) is 0 Å². The number of para-hydroxylation sites is 1. The maximum absolute atomic E-state index is 11.9. The van der Waals surface area contributed by atoms with Crippen molar-refractivity contribution < 1.29 is 9.53 Å². The van der Waals surface area contributed by atoms with E-state index in [0.29, 0.717) is 17.9 Å². The highest BCUT2D eigenvalue weighted by molar-refractivity contribution is 5.99. The van der Waals surface area contributed by atoms with Gasteiger partial charge in [0.15, 0.2) is 0 Å². The number of amides is 1. The number of hydrogen-bond donors (Lipinski definition) is 2. The molecule has 1 aromatic rings. The van der Waals surface area contributed by atoms with Crippen LogP contribution in [0.3, 0.4) is 0 Å². The molecule has 16 heavy (non-hydrogen) atoms. The molecule has 1 heterocycles. The summed E-state index contributed by atoms with van der Waals surface area (Å²) in [7, 11) is 0. The molecule has 2 atom stereocenters. The third kappa shape index (κ3) is 2.17. The molecule has 0 aliphatic carbocycles. The Kier molecular flexibility index (Phi) is 3.10. The molecule has 0 saturated carbocycles. The molecule has 4 heteroatoms. The molecule has 86 valence electrons. The monoisotopic (exact) mass is 220 g/mol. The second-order valence-electron chi connectivity index (χ2n) is 4.03. The fourth-order valence-electron chi connectivity index (χ4n) is 1.87. The summed E-state index contributed by atoms with van der Waals surface area (Å²) in [6.45, 7) is 2.67. The number of carbonyl (C=O) groups is 1. The molecule has 2 rings (SSSR count). The molecule has 4 nitrogen and oxygen atoms in total. The van der Waals surface area contributed by atoms with Crippen molar-refractivity contribution in [1.82, 2.24) is 5.32 Å². The van der Waals surface area contributed by atoms with Crippen LogP contribution >= 0.6 is 0 Å². The van der Waals surface area contributed by atoms with E-state index >= 15 is 0 Å². The summed E-state index contributed by atoms with van der Waals surface area (Å²) in [6.07, 6.45) is 0.938. The van der Waals surface area contributed by atoms with E-state index in [0.717, 1.165) is 6.42 Å². The molecule has 0 aromatic heterocycles. The van der Waals surface area contributed by atoms with Crippen molar-refractivity contribution in [2.45, 2.75) is 25.5 Å². The number of nitrogens with two attached hydrogens (primary N) is 1. The quantitative estimate of drug-likeness (QED) is 0.735. The second kappa shape index (κ2) is 4.53. The first-order valence-corrected chi connectivity index (χ1v) is 5.45. The zero-order chi connectivity index (χ0) is 11.5. The van der Waals surface area contributed by atoms with Crippen LogP contribution in [0.1, 0.15) is 23.7 Å². The van der Waals surface area contributed by atoms with Gasteiger partial charge in [0, 0.05) is 12.3 Å². The molecule has 1 amide bonds. The van der Waals surface area contributed by atoms with Crippen molar-refractivity contribution in [3.8, 4) is 0 Å². The lowest BCUT2D eigenvalue weighted by molar-refractivity contribution is 0.0867. The van der Waals surface area contributed by atoms with E-state index in [1.54, 1.807) is 18.2 Å². The minimum absolute atomic E-state index is 0.0777. The van der Waals surface area contributed by atoms with Gasteiger partial charge in [-0.15, -0.1) is 0 Å². The number of hydrogen-bond acceptors (Lipinski definition) is 3. The predicted octanol–water partition coefficient (Wildman–Crippen LogP) is 1.18. The number of ether oxygens (including phenoxy) is 1. The Morgan fingerprint density at radius 1 is 1.50 bits per heavy atom. The van der Waals surface area contributed by atoms with Crippen LogP contribution in [0.5, 0.6) is 0 Å². The Labute approximate surface area is 94.8 Å². The molecule has 3 N–H and O–H groups in total. The first-order chi connectivity index (χ1) is 7.68. The Bertz CT molecular complexity index is 392. The van der Waals surface area contributed by atoms with E-state index in [1.165, 1.54) is 0 Å². The van der Waals surface area contributed by atoms with Gasteiger partial charge in [0.2, 0.25) is 0 Å². The van der Waals surface area contributed by atoms with Crippen molar-refractivity contribution >= 4 is 11.6 Å². The molecular weight excluding hydrogens is 204 g/mol. The molecule has 1 fully saturated rings. The zero-order valence-electron chi connectivity index (χ0n) is 9.27. The van der Waals surface area contributed by atoms with Gasteiger partial charge < -0.3 is 15.8 Å². The number of carbonyl (C=O) groups excluding carboxylic acids is 1. The highest BCUT2D eigenvalue weighted by Gasteiger charge is 2.26. The van der Waals surface area contributed by atoms with Crippen molar-refractivity contribution in [3.05, 3.63) is 29.8 Å². The summed E-state index contributed by atoms with van der Waals surface area (Å²) in [5.41, 5.74) is 6.77. The fourth-order valence-corrected chi connectivity index (χ4v) is 1.87. The standard InChI is InChI=1S/C12H16N2O2/c1-8-11(6-7-16-8)14-12(15)9-4-2-3-5-10(9)13/h2-5,8,11H,6-7,13H2,1H3,(H,14,15). The van der Waals surface area contributed by atoms with Crippen molar-refractivity contribution in [3.63, 3.8) is 0 Å². The lowest BCUT2D eigenvalue weighted by Gasteiger charge is -2.16. The maximum atomic E-state index is 11.9. The van der Waals surface area contributed by atoms with Gasteiger partial charge in [-0.05, 0) is 25.5 Å². The van der Waals surface area contributed by atoms with E-state index in [9.17, 15) is 4.79 Å². The number of nitrogens with one attached hydrogen (secondary N) is 1. The van der Waals surface area contributed by atoms with Gasteiger partial charge in [0.1, 0.15) is 0 Å². The number of benzene rings is 1. The SMILES string of the molecule is CC1OCCC1NC(=O)c1ccccc1N. The molecule has 1 aliphatic heterocycles. The minimum atomic E-state index is -0.125. The summed E-state index contributed by atoms with van der Waals surface area (Å²) < 4.78 is 5.39. The average Bonchev–Trinajstić information content (AvgIpc) is 2.65. The molecule has 0 radical (unpaired) electrons. The summed E-state index contributed by atoms with van der Waals surface area (Å²) in [5.74, 6) is -0.125. The van der Waals surface area contributed by atoms with Gasteiger partial charge in [0.05, 0.1) is 17.7 Å². The van der Waals surface area contributed by atoms with Gasteiger partial charge in [-0.2, -0.15) is 0 Å². The molecule has 2 unspecified atom stereocenters. The van der Waals surface area contributed by atoms with Gasteiger partial charge in [-0.3, -0.25) is 4.79 Å². The van der Waals surface area contributed by atoms with Crippen LogP contribution in [0.25, 0.3) is 0 Å². The first-order valence-electron chi connectivity index (χ1n) is 5.45. The van der Waals surface area contributed by atoms with Crippen LogP contribution in [-0.4, -0.2) is 24.7 Å². The van der Waals surface area contributed by atoms with Crippen LogP contribution in [0.4, 0.5) is 5.69 Å². The molecule has 0 spiro atoms. The molecule has 1 saturated heterocycles. The Balaban J connectivity index is 2.06. The zero-order valence-corrected chi connectivity index (χ0v) is 9.27. The summed E-state index contributed by atoms with van der Waals surface area (Å²) >= 11 is 0. The van der Waals surface area contributed by atoms with E-state index in [4.69, 9.17) is 10.5 Å². The Hall–Kier alpha value is -1.55. The number of rotatable bonds is 2. The van der Waals surface area contributed by atoms with E-state index in [-0.39, 0.29) is 18.1 Å². The molecule has 0 bridgehead atoms. The van der Waals surface area contributed by atoms with E-state index in [2.05, 4.69) is 5.32 Å². The van der Waals surface area contributed by atoms with Crippen molar-refractivity contribution in [2.75, 3.05) is 12.3 Å². The third-order valence-electron chi connectivity index (χ3n) is 2.90. The van der Waals surface area contributed by atoms with Gasteiger partial charge >= 0.3 is 0 Å². The van der Waals surface area contributed by atoms with Gasteiger partial charge in [0.25, 0.3) is 5.91 Å². The van der Waals surface area contributed by atoms with Crippen LogP contribution in [-0.2, 0) is 4.74 Å². The molecule has 1 aromatic carbocycles. The average molecular weight is 220 g/mol. The van der Waals surface area contributed by atoms with Crippen LogP contribution in [0.2, 0.25) is 0 Å². The first kappa shape index (κ1) is 11.0. The van der Waals surface area contributed by atoms with Crippen LogP contribution in [0, 0.1) is 0 Å².